The molecule has 0 aromatic heterocycles. The van der Waals surface area contributed by atoms with Crippen LogP contribution in [0.2, 0.25) is 0 Å². The van der Waals surface area contributed by atoms with Crippen molar-refractivity contribution in [3.05, 3.63) is 52.5 Å². The zero-order valence-electron chi connectivity index (χ0n) is 9.48. The summed E-state index contributed by atoms with van der Waals surface area (Å²) in [4.78, 5) is 12.0. The van der Waals surface area contributed by atoms with Gasteiger partial charge in [0.05, 0.1) is 5.69 Å². The number of halogens is 1. The minimum atomic E-state index is -0.207. The molecule has 0 atom stereocenters. The Balaban J connectivity index is 2.21. The molecule has 0 fully saturated rings. The summed E-state index contributed by atoms with van der Waals surface area (Å²) in [6.45, 7) is 0. The molecule has 0 aliphatic rings. The van der Waals surface area contributed by atoms with Crippen LogP contribution in [-0.4, -0.2) is 5.91 Å². The van der Waals surface area contributed by atoms with E-state index in [1.54, 1.807) is 42.5 Å². The highest BCUT2D eigenvalue weighted by atomic mass is 79.9. The average Bonchev–Trinajstić information content (AvgIpc) is 2.34. The number of hydrogen-bond donors (Lipinski definition) is 3. The van der Waals surface area contributed by atoms with Crippen molar-refractivity contribution in [1.29, 1.82) is 0 Å². The Morgan fingerprint density at radius 1 is 1.00 bits per heavy atom. The van der Waals surface area contributed by atoms with Gasteiger partial charge in [0, 0.05) is 21.4 Å². The molecule has 0 spiro atoms. The van der Waals surface area contributed by atoms with E-state index in [1.165, 1.54) is 0 Å². The van der Waals surface area contributed by atoms with E-state index in [1.807, 2.05) is 0 Å². The lowest BCUT2D eigenvalue weighted by atomic mass is 10.2. The smallest absolute Gasteiger partial charge is 0.255 e. The van der Waals surface area contributed by atoms with Crippen LogP contribution in [0.1, 0.15) is 10.4 Å². The van der Waals surface area contributed by atoms with E-state index in [9.17, 15) is 4.79 Å². The van der Waals surface area contributed by atoms with Gasteiger partial charge in [-0.05, 0) is 58.4 Å². The minimum Gasteiger partial charge on any atom is -0.399 e. The first-order valence-corrected chi connectivity index (χ1v) is 6.07. The Labute approximate surface area is 113 Å². The molecule has 0 bridgehead atoms. The molecule has 0 unspecified atom stereocenters. The Bertz CT molecular complexity index is 581. The maximum absolute atomic E-state index is 12.0. The number of carbonyl (C=O) groups excluding carboxylic acids is 1. The van der Waals surface area contributed by atoms with Crippen LogP contribution in [0.4, 0.5) is 17.1 Å². The van der Waals surface area contributed by atoms with Gasteiger partial charge in [-0.3, -0.25) is 4.79 Å². The highest BCUT2D eigenvalue weighted by molar-refractivity contribution is 9.10. The van der Waals surface area contributed by atoms with E-state index in [-0.39, 0.29) is 5.91 Å². The van der Waals surface area contributed by atoms with Gasteiger partial charge in [-0.15, -0.1) is 0 Å². The summed E-state index contributed by atoms with van der Waals surface area (Å²) in [7, 11) is 0. The highest BCUT2D eigenvalue weighted by Gasteiger charge is 2.08. The second-order valence-corrected chi connectivity index (χ2v) is 4.67. The number of amides is 1. The lowest BCUT2D eigenvalue weighted by Gasteiger charge is -2.08. The molecule has 92 valence electrons. The summed E-state index contributed by atoms with van der Waals surface area (Å²) in [5.41, 5.74) is 13.6. The number of nitrogens with two attached hydrogens (primary N) is 2. The van der Waals surface area contributed by atoms with E-state index < -0.39 is 0 Å². The Morgan fingerprint density at radius 3 is 2.28 bits per heavy atom. The van der Waals surface area contributed by atoms with Crippen LogP contribution in [0.15, 0.2) is 46.9 Å². The number of nitrogens with one attached hydrogen (secondary N) is 1. The van der Waals surface area contributed by atoms with E-state index in [4.69, 9.17) is 11.5 Å². The molecule has 0 saturated carbocycles. The summed E-state index contributed by atoms with van der Waals surface area (Å²) in [6, 6.07) is 11.9. The minimum absolute atomic E-state index is 0.207. The molecule has 5 heteroatoms. The quantitative estimate of drug-likeness (QED) is 0.746. The molecule has 5 N–H and O–H groups in total. The van der Waals surface area contributed by atoms with Gasteiger partial charge in [0.1, 0.15) is 0 Å². The predicted molar refractivity (Wildman–Crippen MR) is 77.4 cm³/mol. The van der Waals surface area contributed by atoms with Gasteiger partial charge in [0.15, 0.2) is 0 Å². The van der Waals surface area contributed by atoms with E-state index >= 15 is 0 Å². The zero-order valence-corrected chi connectivity index (χ0v) is 11.1. The van der Waals surface area contributed by atoms with Crippen LogP contribution < -0.4 is 16.8 Å². The van der Waals surface area contributed by atoms with Gasteiger partial charge in [0.25, 0.3) is 5.91 Å². The van der Waals surface area contributed by atoms with Crippen molar-refractivity contribution >= 4 is 38.9 Å². The Morgan fingerprint density at radius 2 is 1.61 bits per heavy atom. The molecule has 0 aliphatic carbocycles. The number of nitrogen functional groups attached to an aromatic ring is 2. The third-order valence-corrected chi connectivity index (χ3v) is 3.10. The van der Waals surface area contributed by atoms with E-state index in [0.29, 0.717) is 22.6 Å². The van der Waals surface area contributed by atoms with Crippen LogP contribution in [0.3, 0.4) is 0 Å². The number of anilines is 3. The SMILES string of the molecule is Nc1ccc(C(=O)Nc2cc(N)ccc2Br)cc1. The first-order valence-electron chi connectivity index (χ1n) is 5.28. The van der Waals surface area contributed by atoms with Crippen molar-refractivity contribution in [2.45, 2.75) is 0 Å². The zero-order chi connectivity index (χ0) is 13.1. The molecule has 18 heavy (non-hydrogen) atoms. The van der Waals surface area contributed by atoms with Gasteiger partial charge in [-0.1, -0.05) is 0 Å². The van der Waals surface area contributed by atoms with E-state index in [0.717, 1.165) is 4.47 Å². The van der Waals surface area contributed by atoms with Crippen LogP contribution in [0, 0.1) is 0 Å². The summed E-state index contributed by atoms with van der Waals surface area (Å²) in [5.74, 6) is -0.207. The number of benzene rings is 2. The molecular weight excluding hydrogens is 294 g/mol. The van der Waals surface area contributed by atoms with E-state index in [2.05, 4.69) is 21.2 Å². The van der Waals surface area contributed by atoms with Gasteiger partial charge >= 0.3 is 0 Å². The van der Waals surface area contributed by atoms with Gasteiger partial charge in [-0.25, -0.2) is 0 Å². The fourth-order valence-electron chi connectivity index (χ4n) is 1.47. The number of rotatable bonds is 2. The van der Waals surface area contributed by atoms with Crippen LogP contribution in [-0.2, 0) is 0 Å². The fraction of sp³-hybridized carbons (Fsp3) is 0. The first-order chi connectivity index (χ1) is 8.56. The largest absolute Gasteiger partial charge is 0.399 e. The van der Waals surface area contributed by atoms with Crippen LogP contribution in [0.25, 0.3) is 0 Å². The molecule has 2 rings (SSSR count). The molecule has 4 nitrogen and oxygen atoms in total. The normalized spacial score (nSPS) is 10.1. The van der Waals surface area contributed by atoms with Gasteiger partial charge < -0.3 is 16.8 Å². The van der Waals surface area contributed by atoms with Crippen molar-refractivity contribution in [3.63, 3.8) is 0 Å². The summed E-state index contributed by atoms with van der Waals surface area (Å²) >= 11 is 3.35. The molecule has 0 saturated heterocycles. The number of hydrogen-bond acceptors (Lipinski definition) is 3. The molecule has 2 aromatic rings. The molecule has 0 heterocycles. The van der Waals surface area contributed by atoms with Crippen molar-refractivity contribution in [2.24, 2.45) is 0 Å². The van der Waals surface area contributed by atoms with Crippen molar-refractivity contribution < 1.29 is 4.79 Å². The summed E-state index contributed by atoms with van der Waals surface area (Å²) in [6.07, 6.45) is 0. The Hall–Kier alpha value is -2.01. The van der Waals surface area contributed by atoms with Crippen molar-refractivity contribution in [3.8, 4) is 0 Å². The standard InChI is InChI=1S/C13H12BrN3O/c14-11-6-5-10(16)7-12(11)17-13(18)8-1-3-9(15)4-2-8/h1-7H,15-16H2,(H,17,18). The molecule has 0 aliphatic heterocycles. The summed E-state index contributed by atoms with van der Waals surface area (Å²) in [5, 5.41) is 2.78. The lowest BCUT2D eigenvalue weighted by Crippen LogP contribution is -2.12. The monoisotopic (exact) mass is 305 g/mol. The second kappa shape index (κ2) is 5.10. The van der Waals surface area contributed by atoms with Crippen LogP contribution in [0.5, 0.6) is 0 Å². The van der Waals surface area contributed by atoms with Gasteiger partial charge in [-0.2, -0.15) is 0 Å². The summed E-state index contributed by atoms with van der Waals surface area (Å²) < 4.78 is 0.778. The van der Waals surface area contributed by atoms with Crippen LogP contribution >= 0.6 is 15.9 Å². The maximum Gasteiger partial charge on any atom is 0.255 e. The second-order valence-electron chi connectivity index (χ2n) is 3.82. The third kappa shape index (κ3) is 2.81. The number of carbonyl (C=O) groups is 1. The molecule has 1 amide bonds. The molecular formula is C13H12BrN3O. The van der Waals surface area contributed by atoms with Gasteiger partial charge in [0.2, 0.25) is 0 Å². The predicted octanol–water partition coefficient (Wildman–Crippen LogP) is 2.87. The average molecular weight is 306 g/mol. The third-order valence-electron chi connectivity index (χ3n) is 2.41. The van der Waals surface area contributed by atoms with Crippen molar-refractivity contribution in [1.82, 2.24) is 0 Å². The highest BCUT2D eigenvalue weighted by Crippen LogP contribution is 2.25. The molecule has 2 aromatic carbocycles. The lowest BCUT2D eigenvalue weighted by molar-refractivity contribution is 0.102. The first kappa shape index (κ1) is 12.4. The maximum atomic E-state index is 12.0. The Kier molecular flexibility index (Phi) is 3.53. The molecule has 0 radical (unpaired) electrons. The fourth-order valence-corrected chi connectivity index (χ4v) is 1.81. The van der Waals surface area contributed by atoms with Crippen molar-refractivity contribution in [2.75, 3.05) is 16.8 Å². The topological polar surface area (TPSA) is 81.1 Å².